The molecule has 0 amide bonds. The Morgan fingerprint density at radius 3 is 2.17 bits per heavy atom. The van der Waals surface area contributed by atoms with Crippen LogP contribution in [0, 0.1) is 28.5 Å². The number of rotatable bonds is 4. The van der Waals surface area contributed by atoms with Gasteiger partial charge in [0.05, 0.1) is 5.69 Å². The van der Waals surface area contributed by atoms with E-state index in [9.17, 15) is 4.39 Å². The molecule has 114 valence electrons. The topological polar surface area (TPSA) is 75.2 Å². The van der Waals surface area contributed by atoms with Gasteiger partial charge in [0.2, 0.25) is 5.71 Å². The molecule has 0 radical (unpaired) electrons. The fourth-order valence-electron chi connectivity index (χ4n) is 1.93. The summed E-state index contributed by atoms with van der Waals surface area (Å²) in [5.74, 6) is -0.516. The molecule has 2 aromatic rings. The van der Waals surface area contributed by atoms with Crippen molar-refractivity contribution in [3.05, 3.63) is 48.3 Å². The molecule has 0 aliphatic heterocycles. The number of hydrazone groups is 1. The van der Waals surface area contributed by atoms with E-state index in [-0.39, 0.29) is 11.4 Å². The number of anilines is 2. The number of benzene rings is 2. The Kier molecular flexibility index (Phi) is 4.91. The maximum Gasteiger partial charge on any atom is 0.237 e. The van der Waals surface area contributed by atoms with E-state index in [2.05, 4.69) is 10.5 Å². The molecular formula is C17H14FN5. The van der Waals surface area contributed by atoms with Crippen molar-refractivity contribution in [3.63, 3.8) is 0 Å². The standard InChI is InChI=1S/C17H14FN5/c1-23(2)15-6-3-12(4-7-15)13-5-8-17(16(18)9-13)22-21-14(10-19)11-20/h3-9,22H,1-2H3. The normalized spacial score (nSPS) is 9.43. The SMILES string of the molecule is CN(C)c1ccc(-c2ccc(NN=C(C#N)C#N)c(F)c2)cc1. The van der Waals surface area contributed by atoms with Crippen LogP contribution in [-0.2, 0) is 0 Å². The summed E-state index contributed by atoms with van der Waals surface area (Å²) in [6.07, 6.45) is 0. The highest BCUT2D eigenvalue weighted by Crippen LogP contribution is 2.26. The minimum atomic E-state index is -0.516. The highest BCUT2D eigenvalue weighted by atomic mass is 19.1. The number of nitrogens with one attached hydrogen (secondary N) is 1. The molecule has 2 aromatic carbocycles. The Bertz CT molecular complexity index is 794. The van der Waals surface area contributed by atoms with Crippen LogP contribution in [0.25, 0.3) is 11.1 Å². The van der Waals surface area contributed by atoms with E-state index in [1.165, 1.54) is 12.1 Å². The summed E-state index contributed by atoms with van der Waals surface area (Å²) >= 11 is 0. The predicted molar refractivity (Wildman–Crippen MR) is 88.4 cm³/mol. The zero-order valence-electron chi connectivity index (χ0n) is 12.7. The van der Waals surface area contributed by atoms with Crippen molar-refractivity contribution >= 4 is 17.1 Å². The zero-order chi connectivity index (χ0) is 16.8. The molecule has 2 rings (SSSR count). The number of halogens is 1. The Balaban J connectivity index is 2.24. The van der Waals surface area contributed by atoms with Gasteiger partial charge in [0.15, 0.2) is 0 Å². The highest BCUT2D eigenvalue weighted by Gasteiger charge is 2.06. The molecule has 0 atom stereocenters. The first kappa shape index (κ1) is 16.0. The lowest BCUT2D eigenvalue weighted by atomic mass is 10.0. The van der Waals surface area contributed by atoms with Crippen LogP contribution in [0.15, 0.2) is 47.6 Å². The van der Waals surface area contributed by atoms with Gasteiger partial charge in [-0.1, -0.05) is 18.2 Å². The number of hydrogen-bond donors (Lipinski definition) is 1. The van der Waals surface area contributed by atoms with Crippen LogP contribution < -0.4 is 10.3 Å². The van der Waals surface area contributed by atoms with Crippen molar-refractivity contribution in [2.45, 2.75) is 0 Å². The third-order valence-corrected chi connectivity index (χ3v) is 3.19. The van der Waals surface area contributed by atoms with Gasteiger partial charge in [0, 0.05) is 19.8 Å². The van der Waals surface area contributed by atoms with Gasteiger partial charge in [-0.3, -0.25) is 5.43 Å². The van der Waals surface area contributed by atoms with Crippen molar-refractivity contribution in [2.24, 2.45) is 5.10 Å². The molecule has 23 heavy (non-hydrogen) atoms. The molecule has 0 aromatic heterocycles. The van der Waals surface area contributed by atoms with E-state index in [1.54, 1.807) is 18.2 Å². The summed E-state index contributed by atoms with van der Waals surface area (Å²) in [5.41, 5.74) is 4.78. The van der Waals surface area contributed by atoms with Gasteiger partial charge in [-0.15, -0.1) is 0 Å². The molecule has 1 N–H and O–H groups in total. The Morgan fingerprint density at radius 1 is 1.04 bits per heavy atom. The Hall–Kier alpha value is -3.38. The fourth-order valence-corrected chi connectivity index (χ4v) is 1.93. The summed E-state index contributed by atoms with van der Waals surface area (Å²) in [5, 5.41) is 20.7. The fraction of sp³-hybridized carbons (Fsp3) is 0.118. The van der Waals surface area contributed by atoms with E-state index in [1.807, 2.05) is 43.3 Å². The quantitative estimate of drug-likeness (QED) is 0.694. The first-order valence-electron chi connectivity index (χ1n) is 6.76. The first-order valence-corrected chi connectivity index (χ1v) is 6.76. The van der Waals surface area contributed by atoms with Gasteiger partial charge in [-0.25, -0.2) is 4.39 Å². The predicted octanol–water partition coefficient (Wildman–Crippen LogP) is 3.37. The number of hydrogen-bond acceptors (Lipinski definition) is 5. The summed E-state index contributed by atoms with van der Waals surface area (Å²) in [4.78, 5) is 1.98. The van der Waals surface area contributed by atoms with Crippen LogP contribution >= 0.6 is 0 Å². The summed E-state index contributed by atoms with van der Waals surface area (Å²) in [6, 6.07) is 15.6. The van der Waals surface area contributed by atoms with Crippen molar-refractivity contribution in [3.8, 4) is 23.3 Å². The van der Waals surface area contributed by atoms with Crippen LogP contribution in [0.1, 0.15) is 0 Å². The zero-order valence-corrected chi connectivity index (χ0v) is 12.7. The molecule has 0 aliphatic rings. The van der Waals surface area contributed by atoms with E-state index >= 15 is 0 Å². The second-order valence-electron chi connectivity index (χ2n) is 4.93. The molecule has 5 nitrogen and oxygen atoms in total. The van der Waals surface area contributed by atoms with Crippen molar-refractivity contribution in [1.82, 2.24) is 0 Å². The van der Waals surface area contributed by atoms with Gasteiger partial charge in [-0.2, -0.15) is 15.6 Å². The maximum absolute atomic E-state index is 14.1. The number of nitrogens with zero attached hydrogens (tertiary/aromatic N) is 4. The second-order valence-corrected chi connectivity index (χ2v) is 4.93. The van der Waals surface area contributed by atoms with Gasteiger partial charge >= 0.3 is 0 Å². The Labute approximate surface area is 133 Å². The molecule has 0 saturated carbocycles. The first-order chi connectivity index (χ1) is 11.0. The molecule has 0 heterocycles. The average Bonchev–Trinajstić information content (AvgIpc) is 2.57. The van der Waals surface area contributed by atoms with Crippen LogP contribution in [-0.4, -0.2) is 19.8 Å². The lowest BCUT2D eigenvalue weighted by Gasteiger charge is -2.13. The van der Waals surface area contributed by atoms with E-state index in [0.717, 1.165) is 16.8 Å². The molecule has 0 fully saturated rings. The van der Waals surface area contributed by atoms with Crippen LogP contribution in [0.5, 0.6) is 0 Å². The van der Waals surface area contributed by atoms with Crippen molar-refractivity contribution in [2.75, 3.05) is 24.4 Å². The average molecular weight is 307 g/mol. The van der Waals surface area contributed by atoms with E-state index in [4.69, 9.17) is 10.5 Å². The lowest BCUT2D eigenvalue weighted by molar-refractivity contribution is 0.631. The second kappa shape index (κ2) is 7.06. The molecule has 6 heteroatoms. The van der Waals surface area contributed by atoms with Gasteiger partial charge in [0.1, 0.15) is 18.0 Å². The third kappa shape index (κ3) is 3.84. The Morgan fingerprint density at radius 2 is 1.65 bits per heavy atom. The van der Waals surface area contributed by atoms with E-state index in [0.29, 0.717) is 0 Å². The van der Waals surface area contributed by atoms with Gasteiger partial charge < -0.3 is 4.90 Å². The molecule has 0 unspecified atom stereocenters. The maximum atomic E-state index is 14.1. The summed E-state index contributed by atoms with van der Waals surface area (Å²) in [6.45, 7) is 0. The minimum Gasteiger partial charge on any atom is -0.378 e. The summed E-state index contributed by atoms with van der Waals surface area (Å²) < 4.78 is 14.1. The molecule has 0 spiro atoms. The highest BCUT2D eigenvalue weighted by molar-refractivity contribution is 6.10. The molecular weight excluding hydrogens is 293 g/mol. The lowest BCUT2D eigenvalue weighted by Crippen LogP contribution is -2.07. The van der Waals surface area contributed by atoms with Crippen LogP contribution in [0.2, 0.25) is 0 Å². The minimum absolute atomic E-state index is 0.0988. The van der Waals surface area contributed by atoms with Crippen molar-refractivity contribution < 1.29 is 4.39 Å². The van der Waals surface area contributed by atoms with Crippen LogP contribution in [0.3, 0.4) is 0 Å². The monoisotopic (exact) mass is 307 g/mol. The van der Waals surface area contributed by atoms with Crippen LogP contribution in [0.4, 0.5) is 15.8 Å². The molecule has 0 aliphatic carbocycles. The smallest absolute Gasteiger partial charge is 0.237 e. The molecule has 0 bridgehead atoms. The largest absolute Gasteiger partial charge is 0.378 e. The van der Waals surface area contributed by atoms with Gasteiger partial charge in [0.25, 0.3) is 0 Å². The molecule has 0 saturated heterocycles. The summed E-state index contributed by atoms with van der Waals surface area (Å²) in [7, 11) is 3.90. The van der Waals surface area contributed by atoms with E-state index < -0.39 is 5.82 Å². The third-order valence-electron chi connectivity index (χ3n) is 3.19. The number of nitriles is 2. The van der Waals surface area contributed by atoms with Crippen molar-refractivity contribution in [1.29, 1.82) is 10.5 Å². The van der Waals surface area contributed by atoms with Gasteiger partial charge in [-0.05, 0) is 35.4 Å².